The molecule has 10 aromatic rings. The number of hydrogen-bond donors (Lipinski definition) is 0. The molecule has 262 valence electrons. The highest BCUT2D eigenvalue weighted by Gasteiger charge is 2.25. The summed E-state index contributed by atoms with van der Waals surface area (Å²) in [6.07, 6.45) is 13.4. The van der Waals surface area contributed by atoms with Crippen LogP contribution in [0.25, 0.3) is 106 Å². The molecule has 5 heteroatoms. The minimum absolute atomic E-state index is 0.315. The predicted molar refractivity (Wildman–Crippen MR) is 227 cm³/mol. The monoisotopic (exact) mass is 717 g/mol. The van der Waals surface area contributed by atoms with Gasteiger partial charge < -0.3 is 8.83 Å². The molecule has 3 aromatic heterocycles. The van der Waals surface area contributed by atoms with Crippen LogP contribution in [-0.2, 0) is 0 Å². The predicted octanol–water partition coefficient (Wildman–Crippen LogP) is 13.3. The molecule has 0 spiro atoms. The fourth-order valence-corrected chi connectivity index (χ4v) is 8.82. The largest absolute Gasteiger partial charge is 0.456 e. The van der Waals surface area contributed by atoms with Crippen molar-refractivity contribution >= 4 is 60.7 Å². The van der Waals surface area contributed by atoms with E-state index in [2.05, 4.69) is 134 Å². The van der Waals surface area contributed by atoms with Gasteiger partial charge in [0.15, 0.2) is 17.5 Å². The van der Waals surface area contributed by atoms with Crippen molar-refractivity contribution in [3.63, 3.8) is 0 Å². The molecule has 3 heterocycles. The number of furan rings is 2. The van der Waals surface area contributed by atoms with E-state index in [0.29, 0.717) is 29.3 Å². The number of para-hydroxylation sites is 2. The molecular weight excluding hydrogens is 687 g/mol. The van der Waals surface area contributed by atoms with E-state index in [0.717, 1.165) is 66.1 Å². The summed E-state index contributed by atoms with van der Waals surface area (Å²) in [5.74, 6) is 2.39. The van der Waals surface area contributed by atoms with E-state index in [1.165, 1.54) is 27.5 Å². The Morgan fingerprint density at radius 1 is 0.446 bits per heavy atom. The molecule has 12 rings (SSSR count). The maximum atomic E-state index is 6.52. The SMILES string of the molecule is C1=CC2C=Cc3cc(-c4nc(-c5cccc6c5oc5ccccc56)nc(-c5cccc6oc7ccc(-c8cccc9ccccc89)cc7c56)n4)ccc3C2C=C1. The highest BCUT2D eigenvalue weighted by molar-refractivity contribution is 6.14. The van der Waals surface area contributed by atoms with E-state index in [9.17, 15) is 0 Å². The third-order valence-electron chi connectivity index (χ3n) is 11.5. The Balaban J connectivity index is 1.09. The van der Waals surface area contributed by atoms with E-state index in [1.807, 2.05) is 42.5 Å². The standard InChI is InChI=1S/C51H31N3O2/c1-3-13-35-30(10-1)12-7-16-37(35)33-25-27-45-43(29-33)47-41(18-9-21-46(47)55-45)50-52-49(34-24-26-38-32(28-34)23-22-31-11-2-4-14-36(31)38)53-51(54-50)42-19-8-17-40-39-15-5-6-20-44(39)56-48(40)42/h1-29,31,36H. The van der Waals surface area contributed by atoms with Crippen LogP contribution in [0.5, 0.6) is 0 Å². The maximum absolute atomic E-state index is 6.52. The van der Waals surface area contributed by atoms with Crippen LogP contribution in [-0.4, -0.2) is 15.0 Å². The van der Waals surface area contributed by atoms with Crippen LogP contribution in [0, 0.1) is 5.92 Å². The minimum Gasteiger partial charge on any atom is -0.456 e. The van der Waals surface area contributed by atoms with Crippen molar-refractivity contribution in [1.29, 1.82) is 0 Å². The van der Waals surface area contributed by atoms with Gasteiger partial charge in [-0.15, -0.1) is 0 Å². The zero-order valence-corrected chi connectivity index (χ0v) is 30.1. The molecule has 2 unspecified atom stereocenters. The normalized spacial score (nSPS) is 16.0. The first kappa shape index (κ1) is 31.0. The van der Waals surface area contributed by atoms with Crippen LogP contribution >= 0.6 is 0 Å². The van der Waals surface area contributed by atoms with E-state index in [-0.39, 0.29) is 0 Å². The number of allylic oxidation sites excluding steroid dienone is 5. The average molecular weight is 718 g/mol. The van der Waals surface area contributed by atoms with E-state index in [4.69, 9.17) is 23.8 Å². The lowest BCUT2D eigenvalue weighted by molar-refractivity contribution is 0.668. The van der Waals surface area contributed by atoms with Gasteiger partial charge in [0.2, 0.25) is 0 Å². The zero-order chi connectivity index (χ0) is 36.7. The Bertz CT molecular complexity index is 3340. The molecule has 7 aromatic carbocycles. The number of rotatable bonds is 4. The molecular formula is C51H31N3O2. The van der Waals surface area contributed by atoms with Gasteiger partial charge in [0.25, 0.3) is 0 Å². The number of hydrogen-bond acceptors (Lipinski definition) is 5. The summed E-state index contributed by atoms with van der Waals surface area (Å²) in [5, 5.41) is 6.46. The van der Waals surface area contributed by atoms with Crippen molar-refractivity contribution in [1.82, 2.24) is 15.0 Å². The molecule has 0 saturated carbocycles. The quantitative estimate of drug-likeness (QED) is 0.181. The molecule has 56 heavy (non-hydrogen) atoms. The second-order valence-corrected chi connectivity index (χ2v) is 14.7. The summed E-state index contributed by atoms with van der Waals surface area (Å²) >= 11 is 0. The first-order valence-corrected chi connectivity index (χ1v) is 19.0. The average Bonchev–Trinajstić information content (AvgIpc) is 3.84. The van der Waals surface area contributed by atoms with Crippen molar-refractivity contribution in [3.05, 3.63) is 181 Å². The lowest BCUT2D eigenvalue weighted by Crippen LogP contribution is -2.13. The van der Waals surface area contributed by atoms with Crippen LogP contribution in [0.3, 0.4) is 0 Å². The molecule has 5 nitrogen and oxygen atoms in total. The maximum Gasteiger partial charge on any atom is 0.167 e. The topological polar surface area (TPSA) is 65.0 Å². The van der Waals surface area contributed by atoms with Crippen LogP contribution in [0.1, 0.15) is 17.0 Å². The van der Waals surface area contributed by atoms with Crippen molar-refractivity contribution in [2.45, 2.75) is 5.92 Å². The van der Waals surface area contributed by atoms with Crippen LogP contribution < -0.4 is 0 Å². The van der Waals surface area contributed by atoms with Crippen LogP contribution in [0.15, 0.2) is 179 Å². The smallest absolute Gasteiger partial charge is 0.167 e. The molecule has 0 amide bonds. The van der Waals surface area contributed by atoms with Crippen LogP contribution in [0.2, 0.25) is 0 Å². The molecule has 0 fully saturated rings. The Morgan fingerprint density at radius 3 is 2.11 bits per heavy atom. The molecule has 0 bridgehead atoms. The first-order valence-electron chi connectivity index (χ1n) is 19.0. The van der Waals surface area contributed by atoms with Gasteiger partial charge in [-0.3, -0.25) is 0 Å². The summed E-state index contributed by atoms with van der Waals surface area (Å²) < 4.78 is 13.0. The van der Waals surface area contributed by atoms with Crippen molar-refractivity contribution < 1.29 is 8.83 Å². The van der Waals surface area contributed by atoms with Gasteiger partial charge in [0.1, 0.15) is 22.3 Å². The van der Waals surface area contributed by atoms with E-state index in [1.54, 1.807) is 0 Å². The third-order valence-corrected chi connectivity index (χ3v) is 11.5. The van der Waals surface area contributed by atoms with Gasteiger partial charge in [-0.1, -0.05) is 140 Å². The van der Waals surface area contributed by atoms with Crippen molar-refractivity contribution in [2.75, 3.05) is 0 Å². The second-order valence-electron chi connectivity index (χ2n) is 14.7. The Morgan fingerprint density at radius 2 is 1.14 bits per heavy atom. The fourth-order valence-electron chi connectivity index (χ4n) is 8.82. The van der Waals surface area contributed by atoms with E-state index >= 15 is 0 Å². The highest BCUT2D eigenvalue weighted by Crippen LogP contribution is 2.42. The summed E-state index contributed by atoms with van der Waals surface area (Å²) in [4.78, 5) is 15.7. The summed E-state index contributed by atoms with van der Waals surface area (Å²) in [5.41, 5.74) is 10.5. The summed E-state index contributed by atoms with van der Waals surface area (Å²) in [7, 11) is 0. The van der Waals surface area contributed by atoms with Crippen molar-refractivity contribution in [3.8, 4) is 45.3 Å². The molecule has 0 N–H and O–H groups in total. The molecule has 0 radical (unpaired) electrons. The molecule has 2 aliphatic carbocycles. The number of nitrogens with zero attached hydrogens (tertiary/aromatic N) is 3. The van der Waals surface area contributed by atoms with Gasteiger partial charge in [0, 0.05) is 44.5 Å². The molecule has 2 aliphatic rings. The first-order chi connectivity index (χ1) is 27.7. The Hall–Kier alpha value is -7.37. The van der Waals surface area contributed by atoms with Gasteiger partial charge in [-0.2, -0.15) is 0 Å². The Labute approximate surface area is 321 Å². The molecule has 2 atom stereocenters. The summed E-state index contributed by atoms with van der Waals surface area (Å²) in [6, 6.07) is 48.5. The number of benzene rings is 7. The second kappa shape index (κ2) is 12.1. The highest BCUT2D eigenvalue weighted by atomic mass is 16.3. The fraction of sp³-hybridized carbons (Fsp3) is 0.0392. The van der Waals surface area contributed by atoms with Gasteiger partial charge in [-0.05, 0) is 69.4 Å². The lowest BCUT2D eigenvalue weighted by atomic mass is 9.77. The van der Waals surface area contributed by atoms with Gasteiger partial charge >= 0.3 is 0 Å². The zero-order valence-electron chi connectivity index (χ0n) is 30.1. The lowest BCUT2D eigenvalue weighted by Gasteiger charge is -2.27. The van der Waals surface area contributed by atoms with Crippen LogP contribution in [0.4, 0.5) is 0 Å². The Kier molecular flexibility index (Phi) is 6.69. The van der Waals surface area contributed by atoms with E-state index < -0.39 is 0 Å². The minimum atomic E-state index is 0.315. The van der Waals surface area contributed by atoms with Gasteiger partial charge in [0.05, 0.1) is 5.56 Å². The molecule has 0 saturated heterocycles. The van der Waals surface area contributed by atoms with Crippen molar-refractivity contribution in [2.24, 2.45) is 5.92 Å². The number of fused-ring (bicyclic) bond motifs is 10. The third kappa shape index (κ3) is 4.77. The summed E-state index contributed by atoms with van der Waals surface area (Å²) in [6.45, 7) is 0. The number of aromatic nitrogens is 3. The molecule has 0 aliphatic heterocycles. The van der Waals surface area contributed by atoms with Gasteiger partial charge in [-0.25, -0.2) is 15.0 Å².